The summed E-state index contributed by atoms with van der Waals surface area (Å²) in [5.41, 5.74) is 2.07. The fraction of sp³-hybridized carbons (Fsp3) is 0.800. The molecular weight excluding hydrogens is 118 g/mol. The lowest BCUT2D eigenvalue weighted by molar-refractivity contribution is -0.123. The van der Waals surface area contributed by atoms with Gasteiger partial charge in [-0.1, -0.05) is 6.92 Å². The highest BCUT2D eigenvalue weighted by molar-refractivity contribution is 5.80. The summed E-state index contributed by atoms with van der Waals surface area (Å²) >= 11 is 0. The van der Waals surface area contributed by atoms with Crippen molar-refractivity contribution in [1.82, 2.24) is 10.7 Å². The van der Waals surface area contributed by atoms with Crippen LogP contribution in [0.15, 0.2) is 0 Å². The van der Waals surface area contributed by atoms with E-state index in [1.807, 2.05) is 6.92 Å². The van der Waals surface area contributed by atoms with Gasteiger partial charge in [0.2, 0.25) is 0 Å². The van der Waals surface area contributed by atoms with E-state index in [9.17, 15) is 4.79 Å². The highest BCUT2D eigenvalue weighted by Gasteiger charge is 2.10. The Balaban J connectivity index is 3.64. The van der Waals surface area contributed by atoms with Gasteiger partial charge in [0.25, 0.3) is 5.91 Å². The van der Waals surface area contributed by atoms with Gasteiger partial charge in [-0.3, -0.25) is 10.2 Å². The predicted molar refractivity (Wildman–Crippen MR) is 35.5 cm³/mol. The maximum absolute atomic E-state index is 10.7. The molecular formula is C5H13N3O. The Morgan fingerprint density at radius 1 is 1.78 bits per heavy atom. The van der Waals surface area contributed by atoms with Crippen LogP contribution in [0.25, 0.3) is 0 Å². The molecule has 0 bridgehead atoms. The van der Waals surface area contributed by atoms with Crippen molar-refractivity contribution < 1.29 is 4.79 Å². The Hall–Kier alpha value is -0.610. The van der Waals surface area contributed by atoms with Crippen molar-refractivity contribution in [2.45, 2.75) is 19.4 Å². The smallest absolute Gasteiger partial charge is 0.250 e. The maximum atomic E-state index is 10.7. The molecule has 1 unspecified atom stereocenters. The molecule has 4 heteroatoms. The van der Waals surface area contributed by atoms with Crippen LogP contribution < -0.4 is 16.6 Å². The number of carbonyl (C=O) groups is 1. The molecule has 1 atom stereocenters. The van der Waals surface area contributed by atoms with E-state index in [1.54, 1.807) is 7.05 Å². The number of hydrogen-bond acceptors (Lipinski definition) is 3. The van der Waals surface area contributed by atoms with Crippen molar-refractivity contribution >= 4 is 5.91 Å². The van der Waals surface area contributed by atoms with Crippen LogP contribution in [0.5, 0.6) is 0 Å². The number of amides is 1. The lowest BCUT2D eigenvalue weighted by Gasteiger charge is -2.09. The number of nitrogens with two attached hydrogens (primary N) is 1. The first kappa shape index (κ1) is 8.39. The van der Waals surface area contributed by atoms with Gasteiger partial charge in [0, 0.05) is 0 Å². The number of hydrogen-bond donors (Lipinski definition) is 3. The van der Waals surface area contributed by atoms with E-state index in [2.05, 4.69) is 10.7 Å². The van der Waals surface area contributed by atoms with Gasteiger partial charge >= 0.3 is 0 Å². The normalized spacial score (nSPS) is 12.8. The quantitative estimate of drug-likeness (QED) is 0.261. The van der Waals surface area contributed by atoms with Gasteiger partial charge in [-0.05, 0) is 13.5 Å². The molecule has 0 heterocycles. The molecule has 0 aliphatic heterocycles. The molecule has 0 aliphatic carbocycles. The third-order valence-corrected chi connectivity index (χ3v) is 1.22. The summed E-state index contributed by atoms with van der Waals surface area (Å²) in [4.78, 5) is 10.7. The Kier molecular flexibility index (Phi) is 4.00. The molecule has 0 aliphatic rings. The number of rotatable bonds is 3. The molecule has 0 saturated carbocycles. The van der Waals surface area contributed by atoms with E-state index in [0.717, 1.165) is 6.42 Å². The summed E-state index contributed by atoms with van der Waals surface area (Å²) in [5.74, 6) is 4.72. The van der Waals surface area contributed by atoms with Gasteiger partial charge in [-0.15, -0.1) is 0 Å². The molecule has 0 saturated heterocycles. The van der Waals surface area contributed by atoms with E-state index in [0.29, 0.717) is 0 Å². The summed E-state index contributed by atoms with van der Waals surface area (Å²) in [7, 11) is 1.73. The zero-order chi connectivity index (χ0) is 7.28. The van der Waals surface area contributed by atoms with E-state index >= 15 is 0 Å². The van der Waals surface area contributed by atoms with E-state index in [-0.39, 0.29) is 11.9 Å². The molecule has 54 valence electrons. The van der Waals surface area contributed by atoms with Crippen molar-refractivity contribution in [3.05, 3.63) is 0 Å². The minimum Gasteiger partial charge on any atom is -0.309 e. The van der Waals surface area contributed by atoms with Crippen LogP contribution in [0, 0.1) is 0 Å². The Morgan fingerprint density at radius 3 is 2.44 bits per heavy atom. The second-order valence-corrected chi connectivity index (χ2v) is 1.76. The van der Waals surface area contributed by atoms with Crippen LogP contribution >= 0.6 is 0 Å². The van der Waals surface area contributed by atoms with Crippen LogP contribution in [-0.4, -0.2) is 19.0 Å². The van der Waals surface area contributed by atoms with E-state index in [1.165, 1.54) is 0 Å². The van der Waals surface area contributed by atoms with Gasteiger partial charge in [0.15, 0.2) is 0 Å². The first-order valence-electron chi connectivity index (χ1n) is 2.94. The molecule has 9 heavy (non-hydrogen) atoms. The number of carbonyl (C=O) groups excluding carboxylic acids is 1. The first-order chi connectivity index (χ1) is 4.26. The van der Waals surface area contributed by atoms with Crippen LogP contribution in [0.2, 0.25) is 0 Å². The molecule has 0 rings (SSSR count). The Labute approximate surface area is 54.8 Å². The van der Waals surface area contributed by atoms with Crippen molar-refractivity contribution in [2.75, 3.05) is 7.05 Å². The maximum Gasteiger partial charge on any atom is 0.250 e. The molecule has 0 aromatic heterocycles. The summed E-state index contributed by atoms with van der Waals surface area (Å²) in [5, 5.41) is 2.81. The molecule has 0 aromatic carbocycles. The molecule has 0 spiro atoms. The minimum absolute atomic E-state index is 0.157. The van der Waals surface area contributed by atoms with Crippen LogP contribution in [0.3, 0.4) is 0 Å². The van der Waals surface area contributed by atoms with Crippen molar-refractivity contribution in [3.8, 4) is 0 Å². The average Bonchev–Trinajstić information content (AvgIpc) is 1.90. The van der Waals surface area contributed by atoms with Crippen LogP contribution in [0.1, 0.15) is 13.3 Å². The van der Waals surface area contributed by atoms with Crippen LogP contribution in [0.4, 0.5) is 0 Å². The zero-order valence-corrected chi connectivity index (χ0v) is 5.77. The minimum atomic E-state index is -0.167. The van der Waals surface area contributed by atoms with E-state index < -0.39 is 0 Å². The predicted octanol–water partition coefficient (Wildman–Crippen LogP) is -1.03. The summed E-state index contributed by atoms with van der Waals surface area (Å²) in [6.07, 6.45) is 0.750. The van der Waals surface area contributed by atoms with E-state index in [4.69, 9.17) is 5.84 Å². The van der Waals surface area contributed by atoms with Gasteiger partial charge in [0.1, 0.15) is 0 Å². The molecule has 0 fully saturated rings. The third-order valence-electron chi connectivity index (χ3n) is 1.22. The monoisotopic (exact) mass is 131 g/mol. The Morgan fingerprint density at radius 2 is 2.33 bits per heavy atom. The second-order valence-electron chi connectivity index (χ2n) is 1.76. The zero-order valence-electron chi connectivity index (χ0n) is 5.77. The summed E-state index contributed by atoms with van der Waals surface area (Å²) in [6.45, 7) is 1.91. The van der Waals surface area contributed by atoms with Gasteiger partial charge < -0.3 is 5.32 Å². The third kappa shape index (κ3) is 2.43. The molecule has 1 amide bonds. The molecule has 0 aromatic rings. The number of likely N-dealkylation sites (N-methyl/N-ethyl adjacent to an activating group) is 1. The SMILES string of the molecule is CCC(NC)C(=O)NN. The summed E-state index contributed by atoms with van der Waals surface area (Å²) < 4.78 is 0. The van der Waals surface area contributed by atoms with Crippen molar-refractivity contribution in [3.63, 3.8) is 0 Å². The second kappa shape index (κ2) is 4.29. The molecule has 0 radical (unpaired) electrons. The topological polar surface area (TPSA) is 67.2 Å². The van der Waals surface area contributed by atoms with Gasteiger partial charge in [-0.25, -0.2) is 5.84 Å². The largest absolute Gasteiger partial charge is 0.309 e. The standard InChI is InChI=1S/C5H13N3O/c1-3-4(7-2)5(9)8-6/h4,7H,3,6H2,1-2H3,(H,8,9). The number of hydrazine groups is 1. The highest BCUT2D eigenvalue weighted by atomic mass is 16.2. The van der Waals surface area contributed by atoms with Gasteiger partial charge in [0.05, 0.1) is 6.04 Å². The number of nitrogens with one attached hydrogen (secondary N) is 2. The van der Waals surface area contributed by atoms with Crippen molar-refractivity contribution in [1.29, 1.82) is 0 Å². The first-order valence-corrected chi connectivity index (χ1v) is 2.94. The Bertz CT molecular complexity index is 90.2. The fourth-order valence-electron chi connectivity index (χ4n) is 0.621. The fourth-order valence-corrected chi connectivity index (χ4v) is 0.621. The lowest BCUT2D eigenvalue weighted by atomic mass is 10.2. The summed E-state index contributed by atoms with van der Waals surface area (Å²) in [6, 6.07) is -0.157. The average molecular weight is 131 g/mol. The van der Waals surface area contributed by atoms with Crippen LogP contribution in [-0.2, 0) is 4.79 Å². The lowest BCUT2D eigenvalue weighted by Crippen LogP contribution is -2.45. The molecule has 4 nitrogen and oxygen atoms in total. The van der Waals surface area contributed by atoms with Gasteiger partial charge in [-0.2, -0.15) is 0 Å². The highest BCUT2D eigenvalue weighted by Crippen LogP contribution is 1.86. The van der Waals surface area contributed by atoms with Crippen molar-refractivity contribution in [2.24, 2.45) is 5.84 Å². The molecule has 4 N–H and O–H groups in total.